The molecule has 3 rings (SSSR count). The molecule has 1 aromatic carbocycles. The van der Waals surface area contributed by atoms with Gasteiger partial charge in [0.2, 0.25) is 0 Å². The third-order valence-corrected chi connectivity index (χ3v) is 5.61. The zero-order valence-corrected chi connectivity index (χ0v) is 19.4. The van der Waals surface area contributed by atoms with E-state index in [1.807, 2.05) is 0 Å². The van der Waals surface area contributed by atoms with Gasteiger partial charge in [0.05, 0.1) is 10.7 Å². The van der Waals surface area contributed by atoms with Gasteiger partial charge in [-0.05, 0) is 25.5 Å². The van der Waals surface area contributed by atoms with Crippen LogP contribution in [0.15, 0.2) is 40.7 Å². The first-order valence-electron chi connectivity index (χ1n) is 9.56. The molecular formula is C20H30IN5S. The van der Waals surface area contributed by atoms with Crippen molar-refractivity contribution in [2.75, 3.05) is 44.2 Å². The quantitative estimate of drug-likeness (QED) is 0.375. The molecule has 0 atom stereocenters. The number of thiazole rings is 1. The Labute approximate surface area is 183 Å². The largest absolute Gasteiger partial charge is 0.368 e. The maximum absolute atomic E-state index is 4.84. The smallest absolute Gasteiger partial charge is 0.194 e. The van der Waals surface area contributed by atoms with Gasteiger partial charge in [0, 0.05) is 56.8 Å². The Morgan fingerprint density at radius 2 is 1.89 bits per heavy atom. The lowest BCUT2D eigenvalue weighted by molar-refractivity contribution is 0.372. The molecule has 0 radical (unpaired) electrons. The van der Waals surface area contributed by atoms with Crippen LogP contribution < -0.4 is 10.2 Å². The van der Waals surface area contributed by atoms with Crippen LogP contribution >= 0.6 is 35.3 Å². The molecule has 0 bridgehead atoms. The summed E-state index contributed by atoms with van der Waals surface area (Å²) in [5.74, 6) is 1.03. The van der Waals surface area contributed by atoms with Crippen LogP contribution in [0.1, 0.15) is 24.5 Å². The molecule has 5 nitrogen and oxygen atoms in total. The molecule has 0 saturated carbocycles. The number of piperazine rings is 1. The summed E-state index contributed by atoms with van der Waals surface area (Å²) in [4.78, 5) is 14.3. The lowest BCUT2D eigenvalue weighted by Crippen LogP contribution is -2.52. The summed E-state index contributed by atoms with van der Waals surface area (Å²) in [7, 11) is 0. The number of anilines is 1. The van der Waals surface area contributed by atoms with E-state index in [1.165, 1.54) is 16.4 Å². The molecule has 0 spiro atoms. The van der Waals surface area contributed by atoms with E-state index in [9.17, 15) is 0 Å². The van der Waals surface area contributed by atoms with E-state index >= 15 is 0 Å². The third-order valence-electron chi connectivity index (χ3n) is 4.57. The highest BCUT2D eigenvalue weighted by molar-refractivity contribution is 14.0. The Morgan fingerprint density at radius 1 is 1.15 bits per heavy atom. The summed E-state index contributed by atoms with van der Waals surface area (Å²) >= 11 is 1.75. The molecule has 27 heavy (non-hydrogen) atoms. The number of nitrogens with zero attached hydrogens (tertiary/aromatic N) is 4. The van der Waals surface area contributed by atoms with Crippen molar-refractivity contribution in [2.24, 2.45) is 4.99 Å². The average Bonchev–Trinajstić information content (AvgIpc) is 3.16. The van der Waals surface area contributed by atoms with Crippen LogP contribution in [0.4, 0.5) is 5.69 Å². The van der Waals surface area contributed by atoms with Crippen molar-refractivity contribution in [3.05, 3.63) is 46.4 Å². The van der Waals surface area contributed by atoms with E-state index in [-0.39, 0.29) is 24.0 Å². The lowest BCUT2D eigenvalue weighted by atomic mass is 10.2. The predicted molar refractivity (Wildman–Crippen MR) is 127 cm³/mol. The fraction of sp³-hybridized carbons (Fsp3) is 0.500. The van der Waals surface area contributed by atoms with Gasteiger partial charge < -0.3 is 15.1 Å². The fourth-order valence-electron chi connectivity index (χ4n) is 3.14. The monoisotopic (exact) mass is 499 g/mol. The number of aromatic nitrogens is 1. The van der Waals surface area contributed by atoms with E-state index in [1.54, 1.807) is 11.3 Å². The topological polar surface area (TPSA) is 43.8 Å². The van der Waals surface area contributed by atoms with Crippen LogP contribution in [-0.2, 0) is 12.8 Å². The normalized spacial score (nSPS) is 14.8. The zero-order chi connectivity index (χ0) is 18.2. The number of benzene rings is 1. The number of hydrogen-bond donors (Lipinski definition) is 1. The van der Waals surface area contributed by atoms with E-state index in [4.69, 9.17) is 4.99 Å². The Morgan fingerprint density at radius 3 is 2.52 bits per heavy atom. The number of aliphatic imine (C=N–C) groups is 1. The van der Waals surface area contributed by atoms with Gasteiger partial charge in [-0.1, -0.05) is 25.1 Å². The van der Waals surface area contributed by atoms with Crippen molar-refractivity contribution >= 4 is 47.0 Å². The molecule has 0 amide bonds. The summed E-state index contributed by atoms with van der Waals surface area (Å²) < 4.78 is 0. The molecule has 1 aliphatic heterocycles. The summed E-state index contributed by atoms with van der Waals surface area (Å²) in [5, 5.41) is 6.83. The molecule has 148 valence electrons. The minimum Gasteiger partial charge on any atom is -0.368 e. The highest BCUT2D eigenvalue weighted by Gasteiger charge is 2.19. The predicted octanol–water partition coefficient (Wildman–Crippen LogP) is 3.65. The van der Waals surface area contributed by atoms with E-state index in [2.05, 4.69) is 69.7 Å². The van der Waals surface area contributed by atoms with Gasteiger partial charge in [-0.15, -0.1) is 35.3 Å². The number of aryl methyl sites for hydroxylation is 1. The average molecular weight is 499 g/mol. The van der Waals surface area contributed by atoms with Gasteiger partial charge in [0.25, 0.3) is 0 Å². The van der Waals surface area contributed by atoms with Gasteiger partial charge in [0.1, 0.15) is 0 Å². The van der Waals surface area contributed by atoms with Gasteiger partial charge in [-0.25, -0.2) is 4.98 Å². The second-order valence-electron chi connectivity index (χ2n) is 6.38. The van der Waals surface area contributed by atoms with Crippen molar-refractivity contribution < 1.29 is 0 Å². The fourth-order valence-corrected chi connectivity index (χ4v) is 3.92. The molecule has 1 N–H and O–H groups in total. The Hall–Kier alpha value is -1.35. The molecule has 7 heteroatoms. The second-order valence-corrected chi connectivity index (χ2v) is 7.32. The molecule has 1 saturated heterocycles. The van der Waals surface area contributed by atoms with Crippen LogP contribution in [0, 0.1) is 0 Å². The molecule has 0 aliphatic carbocycles. The van der Waals surface area contributed by atoms with E-state index in [0.29, 0.717) is 0 Å². The third kappa shape index (κ3) is 6.34. The van der Waals surface area contributed by atoms with Crippen molar-refractivity contribution in [1.82, 2.24) is 15.2 Å². The van der Waals surface area contributed by atoms with Crippen molar-refractivity contribution in [3.63, 3.8) is 0 Å². The molecule has 2 aromatic rings. The number of para-hydroxylation sites is 1. The maximum atomic E-state index is 4.84. The summed E-state index contributed by atoms with van der Waals surface area (Å²) in [5.41, 5.74) is 2.48. The number of halogens is 1. The van der Waals surface area contributed by atoms with Crippen LogP contribution in [0.3, 0.4) is 0 Å². The van der Waals surface area contributed by atoms with Crippen molar-refractivity contribution in [2.45, 2.75) is 26.7 Å². The van der Waals surface area contributed by atoms with Gasteiger partial charge in [-0.3, -0.25) is 4.99 Å². The molecule has 0 unspecified atom stereocenters. The van der Waals surface area contributed by atoms with E-state index in [0.717, 1.165) is 58.1 Å². The molecule has 2 heterocycles. The lowest BCUT2D eigenvalue weighted by Gasteiger charge is -2.37. The Kier molecular flexibility index (Phi) is 9.33. The molecule has 1 aromatic heterocycles. The first-order valence-corrected chi connectivity index (χ1v) is 10.4. The minimum atomic E-state index is 0. The van der Waals surface area contributed by atoms with E-state index < -0.39 is 0 Å². The summed E-state index contributed by atoms with van der Waals surface area (Å²) in [6, 6.07) is 10.7. The standard InChI is InChI=1S/C20H29N5S.HI/c1-3-19-23-17(16-26-19)10-11-22-20(21-4-2)25-14-12-24(13-15-25)18-8-6-5-7-9-18;/h5-9,16H,3-4,10-15H2,1-2H3,(H,21,22);1H. The van der Waals surface area contributed by atoms with Crippen LogP contribution in [-0.4, -0.2) is 55.1 Å². The van der Waals surface area contributed by atoms with Crippen molar-refractivity contribution in [1.29, 1.82) is 0 Å². The minimum absolute atomic E-state index is 0. The summed E-state index contributed by atoms with van der Waals surface area (Å²) in [6.07, 6.45) is 1.93. The number of hydrogen-bond acceptors (Lipinski definition) is 4. The van der Waals surface area contributed by atoms with Crippen LogP contribution in [0.2, 0.25) is 0 Å². The first-order chi connectivity index (χ1) is 12.8. The van der Waals surface area contributed by atoms with Gasteiger partial charge in [-0.2, -0.15) is 0 Å². The number of nitrogens with one attached hydrogen (secondary N) is 1. The number of rotatable bonds is 6. The second kappa shape index (κ2) is 11.5. The molecule has 1 fully saturated rings. The Balaban J connectivity index is 0.00000261. The highest BCUT2D eigenvalue weighted by Crippen LogP contribution is 2.15. The van der Waals surface area contributed by atoms with Crippen LogP contribution in [0.5, 0.6) is 0 Å². The maximum Gasteiger partial charge on any atom is 0.194 e. The van der Waals surface area contributed by atoms with Gasteiger partial charge >= 0.3 is 0 Å². The molecule has 1 aliphatic rings. The van der Waals surface area contributed by atoms with Crippen molar-refractivity contribution in [3.8, 4) is 0 Å². The summed E-state index contributed by atoms with van der Waals surface area (Å²) in [6.45, 7) is 10.0. The first kappa shape index (κ1) is 21.9. The molecular weight excluding hydrogens is 469 g/mol. The zero-order valence-electron chi connectivity index (χ0n) is 16.2. The Bertz CT molecular complexity index is 695. The van der Waals surface area contributed by atoms with Crippen LogP contribution in [0.25, 0.3) is 0 Å². The number of guanidine groups is 1. The highest BCUT2D eigenvalue weighted by atomic mass is 127. The SMILES string of the molecule is CCNC(=NCCc1csc(CC)n1)N1CCN(c2ccccc2)CC1.I. The van der Waals surface area contributed by atoms with Gasteiger partial charge in [0.15, 0.2) is 5.96 Å².